The lowest BCUT2D eigenvalue weighted by atomic mass is 10.2. The van der Waals surface area contributed by atoms with Crippen LogP contribution in [-0.2, 0) is 0 Å². The zero-order valence-electron chi connectivity index (χ0n) is 19.3. The molecule has 2 rings (SSSR count). The largest absolute Gasteiger partial charge is 0.494 e. The van der Waals surface area contributed by atoms with E-state index in [0.717, 1.165) is 53.3 Å². The quantitative estimate of drug-likeness (QED) is 0.209. The van der Waals surface area contributed by atoms with Gasteiger partial charge in [0.2, 0.25) is 0 Å². The van der Waals surface area contributed by atoms with Gasteiger partial charge in [-0.2, -0.15) is 0 Å². The summed E-state index contributed by atoms with van der Waals surface area (Å²) in [5.41, 5.74) is 1.98. The molecule has 30 heavy (non-hydrogen) atoms. The van der Waals surface area contributed by atoms with E-state index < -0.39 is 0 Å². The molecule has 0 saturated carbocycles. The normalized spacial score (nSPS) is 11.7. The molecule has 0 spiro atoms. The Bertz CT molecular complexity index is 731. The zero-order valence-corrected chi connectivity index (χ0v) is 19.3. The monoisotopic (exact) mass is 411 g/mol. The van der Waals surface area contributed by atoms with Crippen molar-refractivity contribution in [1.82, 2.24) is 0 Å². The molecule has 0 fully saturated rings. The number of nitrogens with zero attached hydrogens (tertiary/aromatic N) is 2. The third kappa shape index (κ3) is 10.4. The standard InChI is InChI=1S/C26H39N2O2/c1-5-6-7-9-20-29-26-17-13-24(14-18-26)27-22-23-11-15-25(16-12-23)30-21-10-8-19-28(2,3)4/h11-18,22H,5-10,19-21H2,1-4H3/q+1. The number of unbranched alkanes of at least 4 members (excludes halogenated alkanes) is 4. The fourth-order valence-electron chi connectivity index (χ4n) is 3.02. The highest BCUT2D eigenvalue weighted by molar-refractivity contribution is 5.82. The number of ether oxygens (including phenoxy) is 2. The molecule has 0 bridgehead atoms. The van der Waals surface area contributed by atoms with Gasteiger partial charge in [-0.1, -0.05) is 26.2 Å². The molecule has 2 aromatic rings. The number of hydrogen-bond donors (Lipinski definition) is 0. The maximum atomic E-state index is 5.84. The molecule has 0 saturated heterocycles. The molecule has 0 unspecified atom stereocenters. The van der Waals surface area contributed by atoms with Crippen LogP contribution >= 0.6 is 0 Å². The predicted molar refractivity (Wildman–Crippen MR) is 127 cm³/mol. The summed E-state index contributed by atoms with van der Waals surface area (Å²) in [4.78, 5) is 4.55. The number of rotatable bonds is 14. The lowest BCUT2D eigenvalue weighted by molar-refractivity contribution is -0.870. The number of quaternary nitrogens is 1. The molecule has 4 heteroatoms. The second-order valence-corrected chi connectivity index (χ2v) is 8.80. The summed E-state index contributed by atoms with van der Waals surface area (Å²) in [6.45, 7) is 4.94. The Hall–Kier alpha value is -2.33. The summed E-state index contributed by atoms with van der Waals surface area (Å²) in [6, 6.07) is 16.1. The lowest BCUT2D eigenvalue weighted by Crippen LogP contribution is -2.35. The van der Waals surface area contributed by atoms with Gasteiger partial charge in [0.25, 0.3) is 0 Å². The maximum Gasteiger partial charge on any atom is 0.119 e. The SMILES string of the molecule is CCCCCCOc1ccc(N=Cc2ccc(OCCCC[N+](C)(C)C)cc2)cc1. The van der Waals surface area contributed by atoms with Crippen molar-refractivity contribution in [3.8, 4) is 11.5 Å². The average Bonchev–Trinajstić information content (AvgIpc) is 2.73. The van der Waals surface area contributed by atoms with E-state index in [1.165, 1.54) is 32.2 Å². The van der Waals surface area contributed by atoms with Crippen molar-refractivity contribution in [2.45, 2.75) is 45.4 Å². The Morgan fingerprint density at radius 3 is 1.87 bits per heavy atom. The van der Waals surface area contributed by atoms with Crippen LogP contribution in [0.15, 0.2) is 53.5 Å². The van der Waals surface area contributed by atoms with Crippen LogP contribution in [0.4, 0.5) is 5.69 Å². The fourth-order valence-corrected chi connectivity index (χ4v) is 3.02. The molecule has 0 aliphatic rings. The third-order valence-electron chi connectivity index (χ3n) is 4.84. The van der Waals surface area contributed by atoms with Crippen molar-refractivity contribution in [2.24, 2.45) is 4.99 Å². The Labute approximate surface area is 183 Å². The van der Waals surface area contributed by atoms with E-state index >= 15 is 0 Å². The molecule has 0 atom stereocenters. The van der Waals surface area contributed by atoms with Gasteiger partial charge in [-0.25, -0.2) is 0 Å². The first-order valence-electron chi connectivity index (χ1n) is 11.3. The van der Waals surface area contributed by atoms with Crippen LogP contribution in [0.2, 0.25) is 0 Å². The van der Waals surface area contributed by atoms with E-state index in [1.54, 1.807) is 0 Å². The summed E-state index contributed by atoms with van der Waals surface area (Å²) >= 11 is 0. The van der Waals surface area contributed by atoms with Gasteiger partial charge in [-0.15, -0.1) is 0 Å². The lowest BCUT2D eigenvalue weighted by Gasteiger charge is -2.23. The van der Waals surface area contributed by atoms with Crippen molar-refractivity contribution >= 4 is 11.9 Å². The summed E-state index contributed by atoms with van der Waals surface area (Å²) < 4.78 is 12.6. The summed E-state index contributed by atoms with van der Waals surface area (Å²) in [6.07, 6.45) is 9.02. The van der Waals surface area contributed by atoms with Gasteiger partial charge in [0.05, 0.1) is 46.6 Å². The van der Waals surface area contributed by atoms with Gasteiger partial charge in [0.15, 0.2) is 0 Å². The minimum atomic E-state index is 0.764. The van der Waals surface area contributed by atoms with Gasteiger partial charge in [-0.05, 0) is 73.4 Å². The van der Waals surface area contributed by atoms with Crippen molar-refractivity contribution < 1.29 is 14.0 Å². The average molecular weight is 412 g/mol. The van der Waals surface area contributed by atoms with Crippen LogP contribution in [-0.4, -0.2) is 51.6 Å². The Kier molecular flexibility index (Phi) is 10.4. The first-order valence-corrected chi connectivity index (χ1v) is 11.3. The van der Waals surface area contributed by atoms with Crippen LogP contribution in [0.1, 0.15) is 51.0 Å². The van der Waals surface area contributed by atoms with Crippen molar-refractivity contribution in [1.29, 1.82) is 0 Å². The van der Waals surface area contributed by atoms with E-state index in [9.17, 15) is 0 Å². The Morgan fingerprint density at radius 1 is 0.733 bits per heavy atom. The summed E-state index contributed by atoms with van der Waals surface area (Å²) in [7, 11) is 6.66. The molecule has 0 aliphatic carbocycles. The molecule has 164 valence electrons. The van der Waals surface area contributed by atoms with Gasteiger partial charge in [-0.3, -0.25) is 4.99 Å². The molecule has 4 nitrogen and oxygen atoms in total. The highest BCUT2D eigenvalue weighted by Crippen LogP contribution is 2.19. The molecule has 0 heterocycles. The molecular weight excluding hydrogens is 372 g/mol. The van der Waals surface area contributed by atoms with Gasteiger partial charge < -0.3 is 14.0 Å². The highest BCUT2D eigenvalue weighted by Gasteiger charge is 2.05. The van der Waals surface area contributed by atoms with Crippen molar-refractivity contribution in [3.05, 3.63) is 54.1 Å². The first kappa shape index (κ1) is 23.9. The van der Waals surface area contributed by atoms with Gasteiger partial charge in [0.1, 0.15) is 11.5 Å². The Morgan fingerprint density at radius 2 is 1.30 bits per heavy atom. The van der Waals surface area contributed by atoms with Crippen molar-refractivity contribution in [2.75, 3.05) is 40.9 Å². The van der Waals surface area contributed by atoms with E-state index in [2.05, 4.69) is 33.1 Å². The zero-order chi connectivity index (χ0) is 21.7. The summed E-state index contributed by atoms with van der Waals surface area (Å²) in [5.74, 6) is 1.83. The molecule has 0 aromatic heterocycles. The van der Waals surface area contributed by atoms with Crippen LogP contribution < -0.4 is 9.47 Å². The van der Waals surface area contributed by atoms with Crippen LogP contribution in [0.5, 0.6) is 11.5 Å². The van der Waals surface area contributed by atoms with E-state index in [1.807, 2.05) is 54.7 Å². The van der Waals surface area contributed by atoms with Crippen LogP contribution in [0.25, 0.3) is 0 Å². The van der Waals surface area contributed by atoms with Crippen molar-refractivity contribution in [3.63, 3.8) is 0 Å². The van der Waals surface area contributed by atoms with E-state index in [0.29, 0.717) is 0 Å². The van der Waals surface area contributed by atoms with Crippen LogP contribution in [0.3, 0.4) is 0 Å². The second-order valence-electron chi connectivity index (χ2n) is 8.80. The number of hydrogen-bond acceptors (Lipinski definition) is 3. The Balaban J connectivity index is 1.71. The summed E-state index contributed by atoms with van der Waals surface area (Å²) in [5, 5.41) is 0. The van der Waals surface area contributed by atoms with Gasteiger partial charge >= 0.3 is 0 Å². The molecule has 0 radical (unpaired) electrons. The molecule has 0 aliphatic heterocycles. The first-order chi connectivity index (χ1) is 14.5. The van der Waals surface area contributed by atoms with Gasteiger partial charge in [0, 0.05) is 6.21 Å². The van der Waals surface area contributed by atoms with Crippen LogP contribution in [0, 0.1) is 0 Å². The topological polar surface area (TPSA) is 30.8 Å². The smallest absolute Gasteiger partial charge is 0.119 e. The third-order valence-corrected chi connectivity index (χ3v) is 4.84. The fraction of sp³-hybridized carbons (Fsp3) is 0.500. The maximum absolute atomic E-state index is 5.84. The minimum absolute atomic E-state index is 0.764. The molecule has 0 amide bonds. The number of aliphatic imine (C=N–C) groups is 1. The molecular formula is C26H39N2O2+. The number of benzene rings is 2. The van der Waals surface area contributed by atoms with E-state index in [-0.39, 0.29) is 0 Å². The predicted octanol–water partition coefficient (Wildman–Crippen LogP) is 6.26. The van der Waals surface area contributed by atoms with E-state index in [4.69, 9.17) is 9.47 Å². The molecule has 0 N–H and O–H groups in total. The minimum Gasteiger partial charge on any atom is -0.494 e. The highest BCUT2D eigenvalue weighted by atomic mass is 16.5. The second kappa shape index (κ2) is 13.1. The molecule has 2 aromatic carbocycles.